The molecule has 10 heteroatoms. The van der Waals surface area contributed by atoms with E-state index in [2.05, 4.69) is 5.32 Å². The van der Waals surface area contributed by atoms with Crippen molar-refractivity contribution in [1.29, 1.82) is 0 Å². The number of nitrogens with zero attached hydrogens (tertiary/aromatic N) is 1. The summed E-state index contributed by atoms with van der Waals surface area (Å²) in [4.78, 5) is 37.2. The molecule has 1 aromatic rings. The summed E-state index contributed by atoms with van der Waals surface area (Å²) >= 11 is 0.730. The Morgan fingerprint density at radius 2 is 2.23 bits per heavy atom. The largest absolute Gasteiger partial charge is 0.465 e. The third-order valence-corrected chi connectivity index (χ3v) is 5.82. The highest BCUT2D eigenvalue weighted by molar-refractivity contribution is 8.18. The molecule has 0 radical (unpaired) electrons. The van der Waals surface area contributed by atoms with Gasteiger partial charge in [-0.05, 0) is 42.1 Å². The van der Waals surface area contributed by atoms with Crippen LogP contribution < -0.4 is 5.32 Å². The number of rotatable bonds is 5. The third-order valence-electron chi connectivity index (χ3n) is 3.50. The molecule has 136 valence electrons. The molecule has 26 heavy (non-hydrogen) atoms. The van der Waals surface area contributed by atoms with E-state index >= 15 is 0 Å². The molecule has 0 aromatic carbocycles. The lowest BCUT2D eigenvalue weighted by Crippen LogP contribution is -2.43. The highest BCUT2D eigenvalue weighted by Crippen LogP contribution is 2.30. The van der Waals surface area contributed by atoms with E-state index in [4.69, 9.17) is 4.42 Å². The van der Waals surface area contributed by atoms with Crippen LogP contribution >= 0.6 is 11.8 Å². The van der Waals surface area contributed by atoms with Gasteiger partial charge in [-0.3, -0.25) is 19.3 Å². The molecule has 3 amide bonds. The Kier molecular flexibility index (Phi) is 5.14. The Labute approximate surface area is 153 Å². The zero-order valence-electron chi connectivity index (χ0n) is 13.3. The molecule has 1 aromatic heterocycles. The zero-order chi connectivity index (χ0) is 18.7. The molecule has 3 heterocycles. The number of thioether (sulfide) groups is 1. The highest BCUT2D eigenvalue weighted by Gasteiger charge is 2.36. The summed E-state index contributed by atoms with van der Waals surface area (Å²) in [6.07, 6.45) is 7.55. The van der Waals surface area contributed by atoms with E-state index in [1.807, 2.05) is 0 Å². The fourth-order valence-corrected chi connectivity index (χ4v) is 4.35. The van der Waals surface area contributed by atoms with E-state index in [9.17, 15) is 22.8 Å². The van der Waals surface area contributed by atoms with E-state index in [0.29, 0.717) is 5.76 Å². The van der Waals surface area contributed by atoms with E-state index < -0.39 is 39.5 Å². The van der Waals surface area contributed by atoms with Crippen molar-refractivity contribution in [2.24, 2.45) is 0 Å². The van der Waals surface area contributed by atoms with Crippen LogP contribution in [0.4, 0.5) is 4.79 Å². The maximum absolute atomic E-state index is 12.3. The molecule has 1 fully saturated rings. The van der Waals surface area contributed by atoms with Crippen molar-refractivity contribution in [3.63, 3.8) is 0 Å². The first-order valence-corrected chi connectivity index (χ1v) is 10.0. The van der Waals surface area contributed by atoms with Crippen molar-refractivity contribution in [3.8, 4) is 0 Å². The minimum atomic E-state index is -3.30. The van der Waals surface area contributed by atoms with Crippen molar-refractivity contribution < 1.29 is 27.2 Å². The maximum atomic E-state index is 12.3. The Bertz CT molecular complexity index is 928. The average Bonchev–Trinajstić information content (AvgIpc) is 3.25. The second-order valence-electron chi connectivity index (χ2n) is 5.50. The van der Waals surface area contributed by atoms with Crippen LogP contribution in [-0.4, -0.2) is 48.7 Å². The predicted octanol–water partition coefficient (Wildman–Crippen LogP) is 1.30. The minimum Gasteiger partial charge on any atom is -0.465 e. The van der Waals surface area contributed by atoms with Crippen molar-refractivity contribution in [2.45, 2.75) is 6.04 Å². The number of allylic oxidation sites excluding steroid dienone is 2. The average molecular weight is 394 g/mol. The lowest BCUT2D eigenvalue weighted by atomic mass is 10.3. The number of carbonyl (C=O) groups is 3. The molecule has 3 rings (SSSR count). The van der Waals surface area contributed by atoms with Crippen LogP contribution in [0.15, 0.2) is 51.4 Å². The SMILES string of the molecule is O=C(CN1C(=O)SC(=CC=Cc2ccco2)C1=O)NC1C=CS(=O)(=O)C1. The van der Waals surface area contributed by atoms with Crippen LogP contribution in [0.5, 0.6) is 0 Å². The van der Waals surface area contributed by atoms with Gasteiger partial charge >= 0.3 is 0 Å². The van der Waals surface area contributed by atoms with E-state index in [-0.39, 0.29) is 10.7 Å². The van der Waals surface area contributed by atoms with Crippen LogP contribution in [-0.2, 0) is 19.4 Å². The third kappa shape index (κ3) is 4.33. The number of amides is 3. The van der Waals surface area contributed by atoms with Gasteiger partial charge in [0.2, 0.25) is 5.91 Å². The number of carbonyl (C=O) groups excluding carboxylic acids is 3. The molecule has 8 nitrogen and oxygen atoms in total. The normalized spacial score (nSPS) is 23.5. The maximum Gasteiger partial charge on any atom is 0.294 e. The molecule has 1 unspecified atom stereocenters. The fraction of sp³-hybridized carbons (Fsp3) is 0.188. The number of imide groups is 1. The Morgan fingerprint density at radius 3 is 2.88 bits per heavy atom. The Morgan fingerprint density at radius 1 is 1.42 bits per heavy atom. The quantitative estimate of drug-likeness (QED) is 0.749. The molecule has 2 aliphatic rings. The van der Waals surface area contributed by atoms with Gasteiger partial charge in [0, 0.05) is 5.41 Å². The van der Waals surface area contributed by atoms with Gasteiger partial charge in [-0.25, -0.2) is 8.42 Å². The van der Waals surface area contributed by atoms with Crippen LogP contribution in [0.2, 0.25) is 0 Å². The lowest BCUT2D eigenvalue weighted by molar-refractivity contribution is -0.129. The molecule has 1 N–H and O–H groups in total. The number of furan rings is 1. The monoisotopic (exact) mass is 394 g/mol. The molecule has 0 bridgehead atoms. The van der Waals surface area contributed by atoms with Crippen LogP contribution in [0.25, 0.3) is 6.08 Å². The molecular weight excluding hydrogens is 380 g/mol. The van der Waals surface area contributed by atoms with Crippen molar-refractivity contribution in [1.82, 2.24) is 10.2 Å². The first-order valence-electron chi connectivity index (χ1n) is 7.50. The van der Waals surface area contributed by atoms with Gasteiger partial charge in [0.05, 0.1) is 23.0 Å². The first-order chi connectivity index (χ1) is 12.3. The van der Waals surface area contributed by atoms with Gasteiger partial charge in [-0.1, -0.05) is 6.08 Å². The van der Waals surface area contributed by atoms with Crippen molar-refractivity contribution >= 4 is 44.7 Å². The summed E-state index contributed by atoms with van der Waals surface area (Å²) in [6, 6.07) is 2.80. The van der Waals surface area contributed by atoms with Gasteiger partial charge in [0.25, 0.3) is 11.1 Å². The number of nitrogens with one attached hydrogen (secondary N) is 1. The Balaban J connectivity index is 1.58. The smallest absolute Gasteiger partial charge is 0.294 e. The zero-order valence-corrected chi connectivity index (χ0v) is 15.0. The van der Waals surface area contributed by atoms with E-state index in [1.165, 1.54) is 18.4 Å². The molecular formula is C16H14N2O6S2. The van der Waals surface area contributed by atoms with Gasteiger partial charge in [0.1, 0.15) is 12.3 Å². The summed E-state index contributed by atoms with van der Waals surface area (Å²) < 4.78 is 27.7. The molecule has 2 aliphatic heterocycles. The van der Waals surface area contributed by atoms with Crippen LogP contribution in [0, 0.1) is 0 Å². The van der Waals surface area contributed by atoms with Gasteiger partial charge in [-0.2, -0.15) is 0 Å². The van der Waals surface area contributed by atoms with E-state index in [1.54, 1.807) is 24.3 Å². The molecule has 0 aliphatic carbocycles. The highest BCUT2D eigenvalue weighted by atomic mass is 32.2. The fourth-order valence-electron chi connectivity index (χ4n) is 2.33. The van der Waals surface area contributed by atoms with Gasteiger partial charge in [0.15, 0.2) is 9.84 Å². The second kappa shape index (κ2) is 7.34. The number of hydrogen-bond acceptors (Lipinski definition) is 7. The molecule has 1 atom stereocenters. The minimum absolute atomic E-state index is 0.189. The Hall–Kier alpha value is -2.59. The number of sulfone groups is 1. The number of hydrogen-bond donors (Lipinski definition) is 1. The predicted molar refractivity (Wildman–Crippen MR) is 95.4 cm³/mol. The standard InChI is InChI=1S/C16H14N2O6S2/c19-14(17-11-6-8-26(22,23)10-11)9-18-15(20)13(25-16(18)21)5-1-3-12-4-2-7-24-12/h1-8,11H,9-10H2,(H,17,19). The van der Waals surface area contributed by atoms with Crippen LogP contribution in [0.3, 0.4) is 0 Å². The van der Waals surface area contributed by atoms with Gasteiger partial charge in [-0.15, -0.1) is 0 Å². The lowest BCUT2D eigenvalue weighted by Gasteiger charge is -2.14. The second-order valence-corrected chi connectivity index (χ2v) is 8.42. The first kappa shape index (κ1) is 18.2. The molecule has 0 saturated carbocycles. The van der Waals surface area contributed by atoms with E-state index in [0.717, 1.165) is 22.1 Å². The van der Waals surface area contributed by atoms with Crippen molar-refractivity contribution in [3.05, 3.63) is 52.7 Å². The van der Waals surface area contributed by atoms with Crippen molar-refractivity contribution in [2.75, 3.05) is 12.3 Å². The molecule has 0 spiro atoms. The summed E-state index contributed by atoms with van der Waals surface area (Å²) in [5.41, 5.74) is 0. The summed E-state index contributed by atoms with van der Waals surface area (Å²) in [6.45, 7) is -0.464. The van der Waals surface area contributed by atoms with Crippen LogP contribution in [0.1, 0.15) is 5.76 Å². The van der Waals surface area contributed by atoms with Gasteiger partial charge < -0.3 is 9.73 Å². The summed E-state index contributed by atoms with van der Waals surface area (Å²) in [5, 5.41) is 2.95. The molecule has 1 saturated heterocycles. The summed E-state index contributed by atoms with van der Waals surface area (Å²) in [7, 11) is -3.30. The topological polar surface area (TPSA) is 114 Å². The summed E-state index contributed by atoms with van der Waals surface area (Å²) in [5.74, 6) is -0.808.